The molecule has 1 heteroatoms. The Morgan fingerprint density at radius 1 is 0.231 bits per heavy atom. The summed E-state index contributed by atoms with van der Waals surface area (Å²) in [7, 11) is 0. The van der Waals surface area contributed by atoms with Crippen molar-refractivity contribution in [2.75, 3.05) is 0 Å². The van der Waals surface area contributed by atoms with Crippen molar-refractivity contribution < 1.29 is 5.76 Å². The van der Waals surface area contributed by atoms with Crippen molar-refractivity contribution in [2.45, 2.75) is 0 Å². The van der Waals surface area contributed by atoms with E-state index in [4.69, 9.17) is 1.37 Å². The van der Waals surface area contributed by atoms with Crippen LogP contribution in [0.15, 0.2) is 0 Å². The largest absolute Gasteiger partial charge is 0.319 e. The first-order chi connectivity index (χ1) is 26.4. The SMILES string of the molecule is [2H]C#CC#CC#CC#CC#CC#CC#CC#CC#CC#CC#CC#CC#CC#CC#CC#CC#CC#CC#CC#CC#CC#CC#CC#CC#C[CH-]F. The zero-order valence-electron chi connectivity index (χ0n) is 27.0. The Morgan fingerprint density at radius 3 is 0.500 bits per heavy atom. The topological polar surface area (TPSA) is 0 Å². The van der Waals surface area contributed by atoms with Gasteiger partial charge in [0.1, 0.15) is 1.37 Å². The van der Waals surface area contributed by atoms with Crippen molar-refractivity contribution in [1.29, 1.82) is 0 Å². The fourth-order valence-electron chi connectivity index (χ4n) is 1.50. The lowest BCUT2D eigenvalue weighted by molar-refractivity contribution is 0.665. The average molecular weight is 635 g/mol. The van der Waals surface area contributed by atoms with Gasteiger partial charge in [-0.2, -0.15) is 0 Å². The molecule has 0 atom stereocenters. The third-order valence-corrected chi connectivity index (χ3v) is 3.06. The van der Waals surface area contributed by atoms with Crippen molar-refractivity contribution in [3.63, 3.8) is 0 Å². The van der Waals surface area contributed by atoms with Crippen LogP contribution in [0.4, 0.5) is 4.39 Å². The van der Waals surface area contributed by atoms with Gasteiger partial charge in [-0.25, -0.2) is 11.8 Å². The summed E-state index contributed by atoms with van der Waals surface area (Å²) >= 11 is 0. The predicted molar refractivity (Wildman–Crippen MR) is 201 cm³/mol. The van der Waals surface area contributed by atoms with Gasteiger partial charge in [0, 0.05) is 178 Å². The van der Waals surface area contributed by atoms with Crippen molar-refractivity contribution >= 4 is 0 Å². The average Bonchev–Trinajstić information content (AvgIpc) is 3.17. The smallest absolute Gasteiger partial charge is 0.125 e. The molecule has 0 N–H and O–H groups in total. The van der Waals surface area contributed by atoms with Gasteiger partial charge in [0.2, 0.25) is 0 Å². The van der Waals surface area contributed by atoms with E-state index in [1.165, 1.54) is 0 Å². The highest BCUT2D eigenvalue weighted by atomic mass is 19.1. The molecule has 0 heterocycles. The second-order valence-electron chi connectivity index (χ2n) is 6.25. The lowest BCUT2D eigenvalue weighted by Crippen LogP contribution is -1.57. The van der Waals surface area contributed by atoms with Crippen molar-refractivity contribution in [3.8, 4) is 297 Å². The highest BCUT2D eigenvalue weighted by Gasteiger charge is 1.62. The Labute approximate surface area is 308 Å². The van der Waals surface area contributed by atoms with Crippen molar-refractivity contribution in [1.82, 2.24) is 0 Å². The van der Waals surface area contributed by atoms with Crippen LogP contribution in [0.3, 0.4) is 0 Å². The summed E-state index contributed by atoms with van der Waals surface area (Å²) in [6.45, 7) is 0.186. The molecule has 0 radical (unpaired) electrons. The van der Waals surface area contributed by atoms with Gasteiger partial charge in [0.15, 0.2) is 0 Å². The Hall–Kier alpha value is -11.2. The van der Waals surface area contributed by atoms with Crippen LogP contribution < -0.4 is 0 Å². The molecule has 52 heavy (non-hydrogen) atoms. The van der Waals surface area contributed by atoms with Crippen LogP contribution in [0.5, 0.6) is 0 Å². The van der Waals surface area contributed by atoms with Gasteiger partial charge in [0.05, 0.1) is 0 Å². The van der Waals surface area contributed by atoms with E-state index < -0.39 is 0 Å². The number of hydrogen-bond acceptors (Lipinski definition) is 0. The standard InChI is InChI=1S/C51H2F/c1-2-3-4-5-6-7-8-9-10-11-12-13-14-15-16-17-18-19-20-21-22-23-24-25-26-27-28-29-30-31-32-33-34-35-36-37-38-39-40-41-42-43-44-45-46-47-48-49-50-51-52/h1,51H/q-1/i1D. The molecule has 0 aliphatic rings. The maximum atomic E-state index is 11.6. The van der Waals surface area contributed by atoms with Crippen LogP contribution in [0.25, 0.3) is 0 Å². The van der Waals surface area contributed by atoms with Gasteiger partial charge in [0.25, 0.3) is 0 Å². The number of halogens is 1. The third kappa shape index (κ3) is 38.8. The summed E-state index contributed by atoms with van der Waals surface area (Å²) in [4.78, 5) is 0. The number of rotatable bonds is 0. The van der Waals surface area contributed by atoms with Gasteiger partial charge in [-0.1, -0.05) is 0 Å². The van der Waals surface area contributed by atoms with Gasteiger partial charge < -0.3 is 4.39 Å². The summed E-state index contributed by atoms with van der Waals surface area (Å²) in [5.74, 6) is 120. The summed E-state index contributed by atoms with van der Waals surface area (Å²) in [5, 5.41) is 0. The lowest BCUT2D eigenvalue weighted by atomic mass is 10.4. The zero-order chi connectivity index (χ0) is 38.1. The van der Waals surface area contributed by atoms with Gasteiger partial charge in [-0.05, 0) is 101 Å². The molecule has 0 nitrogen and oxygen atoms in total. The fourth-order valence-corrected chi connectivity index (χ4v) is 1.50. The van der Waals surface area contributed by atoms with E-state index in [0.29, 0.717) is 0 Å². The van der Waals surface area contributed by atoms with E-state index in [-0.39, 0.29) is 6.67 Å². The molecule has 0 bridgehead atoms. The lowest BCUT2D eigenvalue weighted by Gasteiger charge is -1.73. The Kier molecular flexibility index (Phi) is 29.7. The van der Waals surface area contributed by atoms with Crippen LogP contribution in [0, 0.1) is 303 Å². The highest BCUT2D eigenvalue weighted by molar-refractivity contribution is 5.51. The molecule has 0 aromatic rings. The first-order valence-electron chi connectivity index (χ1n) is 13.3. The van der Waals surface area contributed by atoms with E-state index in [1.807, 2.05) is 12.3 Å². The molecule has 214 valence electrons. The molecule has 0 aliphatic heterocycles. The summed E-state index contributed by atoms with van der Waals surface area (Å²) in [5.41, 5.74) is 0. The maximum absolute atomic E-state index is 11.6. The summed E-state index contributed by atoms with van der Waals surface area (Å²) in [6.07, 6.45) is 1.87. The monoisotopic (exact) mass is 634 g/mol. The molecular formula is C51H2F-. The van der Waals surface area contributed by atoms with Crippen molar-refractivity contribution in [3.05, 3.63) is 6.67 Å². The van der Waals surface area contributed by atoms with E-state index in [2.05, 4.69) is 284 Å². The minimum absolute atomic E-state index is 0.186. The van der Waals surface area contributed by atoms with Crippen LogP contribution in [-0.4, -0.2) is 0 Å². The van der Waals surface area contributed by atoms with Gasteiger partial charge in [-0.15, -0.1) is 12.3 Å². The molecule has 0 unspecified atom stereocenters. The minimum Gasteiger partial charge on any atom is -0.319 e. The Balaban J connectivity index is 4.56. The first-order valence-corrected chi connectivity index (χ1v) is 12.8. The fraction of sp³-hybridized carbons (Fsp3) is 0. The van der Waals surface area contributed by atoms with Crippen molar-refractivity contribution in [2.24, 2.45) is 0 Å². The van der Waals surface area contributed by atoms with E-state index >= 15 is 0 Å². The minimum atomic E-state index is 0.186. The van der Waals surface area contributed by atoms with E-state index in [0.717, 1.165) is 0 Å². The molecular weight excluding hydrogens is 632 g/mol. The molecule has 0 aromatic carbocycles. The Morgan fingerprint density at radius 2 is 0.365 bits per heavy atom. The molecule has 0 aliphatic carbocycles. The second kappa shape index (κ2) is 39.8. The summed E-state index contributed by atoms with van der Waals surface area (Å²) in [6, 6.07) is 0. The van der Waals surface area contributed by atoms with E-state index in [9.17, 15) is 4.39 Å². The number of hydrogen-bond donors (Lipinski definition) is 0. The highest BCUT2D eigenvalue weighted by Crippen LogP contribution is 1.67. The summed E-state index contributed by atoms with van der Waals surface area (Å²) < 4.78 is 18.1. The van der Waals surface area contributed by atoms with E-state index in [1.54, 1.807) is 0 Å². The number of terminal acetylenes is 1. The normalized spacial score (nSPS) is 4.13. The van der Waals surface area contributed by atoms with Crippen LogP contribution >= 0.6 is 0 Å². The Bertz CT molecular complexity index is 3190. The molecule has 0 saturated carbocycles. The molecule has 0 saturated heterocycles. The molecule has 0 amide bonds. The van der Waals surface area contributed by atoms with Crippen LogP contribution in [0.1, 0.15) is 1.37 Å². The first kappa shape index (κ1) is 38.8. The third-order valence-electron chi connectivity index (χ3n) is 3.06. The van der Waals surface area contributed by atoms with Gasteiger partial charge >= 0.3 is 0 Å². The second-order valence-corrected chi connectivity index (χ2v) is 6.25. The molecule has 0 fully saturated rings. The zero-order valence-corrected chi connectivity index (χ0v) is 26.0. The quantitative estimate of drug-likeness (QED) is 0.274. The predicted octanol–water partition coefficient (Wildman–Crippen LogP) is 0.832. The van der Waals surface area contributed by atoms with Crippen LogP contribution in [-0.2, 0) is 0 Å². The molecule has 0 aromatic heterocycles. The molecule has 0 spiro atoms. The van der Waals surface area contributed by atoms with Gasteiger partial charge in [-0.3, -0.25) is 0 Å². The molecule has 0 rings (SSSR count). The maximum Gasteiger partial charge on any atom is 0.125 e. The van der Waals surface area contributed by atoms with Crippen LogP contribution in [0.2, 0.25) is 0 Å².